The number of methoxy groups -OCH3 is 2. The monoisotopic (exact) mass is 560 g/mol. The Balaban J connectivity index is 1.95. The first-order valence-corrected chi connectivity index (χ1v) is 15.0. The summed E-state index contributed by atoms with van der Waals surface area (Å²) >= 11 is 0. The van der Waals surface area contributed by atoms with Crippen molar-refractivity contribution in [2.45, 2.75) is 36.6 Å². The summed E-state index contributed by atoms with van der Waals surface area (Å²) in [6, 6.07) is 15.2. The van der Waals surface area contributed by atoms with Crippen LogP contribution < -0.4 is 19.1 Å². The first-order chi connectivity index (χ1) is 17.8. The minimum absolute atomic E-state index is 0.0634. The molecule has 3 aromatic rings. The predicted octanol–water partition coefficient (Wildman–Crippen LogP) is 3.80. The molecule has 9 nitrogen and oxygen atoms in total. The van der Waals surface area contributed by atoms with E-state index in [1.807, 2.05) is 19.9 Å². The van der Waals surface area contributed by atoms with Gasteiger partial charge in [0.15, 0.2) is 21.3 Å². The average Bonchev–Trinajstić information content (AvgIpc) is 2.85. The fourth-order valence-electron chi connectivity index (χ4n) is 4.02. The quantitative estimate of drug-likeness (QED) is 0.401. The third kappa shape index (κ3) is 6.65. The highest BCUT2D eigenvalue weighted by Crippen LogP contribution is 2.32. The van der Waals surface area contributed by atoms with E-state index in [1.54, 1.807) is 31.2 Å². The Morgan fingerprint density at radius 1 is 0.842 bits per heavy atom. The van der Waals surface area contributed by atoms with E-state index in [0.29, 0.717) is 17.0 Å². The number of benzene rings is 3. The van der Waals surface area contributed by atoms with Crippen LogP contribution in [0.15, 0.2) is 70.5 Å². The van der Waals surface area contributed by atoms with Gasteiger partial charge in [-0.3, -0.25) is 9.10 Å². The van der Waals surface area contributed by atoms with Gasteiger partial charge in [0.2, 0.25) is 5.91 Å². The third-order valence-electron chi connectivity index (χ3n) is 5.91. The van der Waals surface area contributed by atoms with Gasteiger partial charge in [0.25, 0.3) is 10.0 Å². The van der Waals surface area contributed by atoms with Gasteiger partial charge in [-0.1, -0.05) is 18.2 Å². The molecule has 0 spiro atoms. The molecule has 0 saturated carbocycles. The van der Waals surface area contributed by atoms with Crippen molar-refractivity contribution >= 4 is 31.5 Å². The maximum absolute atomic E-state index is 13.8. The van der Waals surface area contributed by atoms with Gasteiger partial charge in [-0.15, -0.1) is 0 Å². The number of anilines is 1. The lowest BCUT2D eigenvalue weighted by atomic mass is 10.1. The van der Waals surface area contributed by atoms with Gasteiger partial charge in [0.1, 0.15) is 6.54 Å². The Morgan fingerprint density at radius 2 is 1.39 bits per heavy atom. The molecule has 0 fully saturated rings. The van der Waals surface area contributed by atoms with E-state index in [0.717, 1.165) is 21.7 Å². The molecule has 0 aromatic heterocycles. The smallest absolute Gasteiger partial charge is 0.264 e. The first kappa shape index (κ1) is 29.0. The summed E-state index contributed by atoms with van der Waals surface area (Å²) in [7, 11) is -4.68. The summed E-state index contributed by atoms with van der Waals surface area (Å²) in [5.41, 5.74) is 2.70. The maximum atomic E-state index is 13.8. The molecular formula is C27H32N2O7S2. The van der Waals surface area contributed by atoms with Crippen LogP contribution in [-0.2, 0) is 24.7 Å². The van der Waals surface area contributed by atoms with Crippen molar-refractivity contribution in [3.05, 3.63) is 77.4 Å². The molecule has 0 aliphatic heterocycles. The molecular weight excluding hydrogens is 528 g/mol. The molecule has 1 N–H and O–H groups in total. The zero-order valence-corrected chi connectivity index (χ0v) is 23.8. The molecule has 38 heavy (non-hydrogen) atoms. The van der Waals surface area contributed by atoms with Crippen molar-refractivity contribution in [1.29, 1.82) is 0 Å². The average molecular weight is 561 g/mol. The standard InChI is InChI=1S/C27H32N2O7S2/c1-18-13-19(2)15-22(14-18)29(38(33,34)24-11-12-25(35-4)26(16-24)36-5)17-27(30)28-20(3)21-7-9-23(10-8-21)37(6,31)32/h7-16,20H,17H2,1-6H3,(H,28,30)/t20-/m1/s1. The SMILES string of the molecule is COc1ccc(S(=O)(=O)N(CC(=O)N[C@H](C)c2ccc(S(C)(=O)=O)cc2)c2cc(C)cc(C)c2)cc1OC. The van der Waals surface area contributed by atoms with Crippen LogP contribution in [-0.4, -0.2) is 49.8 Å². The van der Waals surface area contributed by atoms with Gasteiger partial charge in [-0.2, -0.15) is 0 Å². The van der Waals surface area contributed by atoms with E-state index in [1.165, 1.54) is 44.6 Å². The topological polar surface area (TPSA) is 119 Å². The number of aryl methyl sites for hydroxylation is 2. The van der Waals surface area contributed by atoms with Gasteiger partial charge in [-0.25, -0.2) is 16.8 Å². The molecule has 0 saturated heterocycles. The molecule has 0 heterocycles. The van der Waals surface area contributed by atoms with Gasteiger partial charge in [0.05, 0.1) is 35.7 Å². The molecule has 11 heteroatoms. The Labute approximate surface area is 224 Å². The minimum atomic E-state index is -4.19. The number of sulfone groups is 1. The molecule has 0 aliphatic rings. The van der Waals surface area contributed by atoms with Crippen LogP contribution in [0.4, 0.5) is 5.69 Å². The summed E-state index contributed by atoms with van der Waals surface area (Å²) < 4.78 is 62.7. The van der Waals surface area contributed by atoms with Gasteiger partial charge >= 0.3 is 0 Å². The molecule has 0 unspecified atom stereocenters. The lowest BCUT2D eigenvalue weighted by Crippen LogP contribution is -2.41. The number of hydrogen-bond acceptors (Lipinski definition) is 7. The van der Waals surface area contributed by atoms with Crippen LogP contribution in [0.1, 0.15) is 29.7 Å². The molecule has 0 bridgehead atoms. The van der Waals surface area contributed by atoms with Crippen LogP contribution in [0.5, 0.6) is 11.5 Å². The number of rotatable bonds is 10. The van der Waals surface area contributed by atoms with Crippen LogP contribution in [0, 0.1) is 13.8 Å². The summed E-state index contributed by atoms with van der Waals surface area (Å²) in [5, 5.41) is 2.81. The second kappa shape index (κ2) is 11.4. The zero-order valence-electron chi connectivity index (χ0n) is 22.2. The van der Waals surface area contributed by atoms with Crippen molar-refractivity contribution in [2.75, 3.05) is 31.3 Å². The fourth-order valence-corrected chi connectivity index (χ4v) is 6.07. The predicted molar refractivity (Wildman–Crippen MR) is 146 cm³/mol. The molecule has 3 rings (SSSR count). The molecule has 0 radical (unpaired) electrons. The number of hydrogen-bond donors (Lipinski definition) is 1. The van der Waals surface area contributed by atoms with Gasteiger partial charge in [-0.05, 0) is 73.9 Å². The number of nitrogens with one attached hydrogen (secondary N) is 1. The van der Waals surface area contributed by atoms with Gasteiger partial charge < -0.3 is 14.8 Å². The summed E-state index contributed by atoms with van der Waals surface area (Å²) in [6.07, 6.45) is 1.12. The molecule has 204 valence electrons. The molecule has 0 aliphatic carbocycles. The van der Waals surface area contributed by atoms with Crippen LogP contribution in [0.25, 0.3) is 0 Å². The van der Waals surface area contributed by atoms with Crippen LogP contribution >= 0.6 is 0 Å². The van der Waals surface area contributed by atoms with E-state index < -0.39 is 38.4 Å². The normalized spacial score (nSPS) is 12.5. The largest absolute Gasteiger partial charge is 0.493 e. The highest BCUT2D eigenvalue weighted by atomic mass is 32.2. The van der Waals surface area contributed by atoms with Crippen molar-refractivity contribution < 1.29 is 31.1 Å². The Bertz CT molecular complexity index is 1510. The van der Waals surface area contributed by atoms with Gasteiger partial charge in [0, 0.05) is 12.3 Å². The van der Waals surface area contributed by atoms with E-state index in [-0.39, 0.29) is 15.5 Å². The van der Waals surface area contributed by atoms with E-state index in [9.17, 15) is 21.6 Å². The summed E-state index contributed by atoms with van der Waals surface area (Å²) in [6.45, 7) is 4.95. The van der Waals surface area contributed by atoms with E-state index in [2.05, 4.69) is 5.32 Å². The maximum Gasteiger partial charge on any atom is 0.264 e. The van der Waals surface area contributed by atoms with E-state index >= 15 is 0 Å². The van der Waals surface area contributed by atoms with Crippen molar-refractivity contribution in [3.63, 3.8) is 0 Å². The Kier molecular flexibility index (Phi) is 8.73. The highest BCUT2D eigenvalue weighted by Gasteiger charge is 2.29. The lowest BCUT2D eigenvalue weighted by Gasteiger charge is -2.26. The minimum Gasteiger partial charge on any atom is -0.493 e. The Hall–Kier alpha value is -3.57. The zero-order chi connectivity index (χ0) is 28.3. The van der Waals surface area contributed by atoms with Crippen LogP contribution in [0.3, 0.4) is 0 Å². The number of ether oxygens (including phenoxy) is 2. The second-order valence-corrected chi connectivity index (χ2v) is 12.9. The fraction of sp³-hybridized carbons (Fsp3) is 0.296. The van der Waals surface area contributed by atoms with Crippen molar-refractivity contribution in [3.8, 4) is 11.5 Å². The van der Waals surface area contributed by atoms with Crippen LogP contribution in [0.2, 0.25) is 0 Å². The number of nitrogens with zero attached hydrogens (tertiary/aromatic N) is 1. The summed E-state index contributed by atoms with van der Waals surface area (Å²) in [4.78, 5) is 13.3. The molecule has 1 atom stereocenters. The van der Waals surface area contributed by atoms with E-state index in [4.69, 9.17) is 9.47 Å². The first-order valence-electron chi connectivity index (χ1n) is 11.7. The number of carbonyl (C=O) groups is 1. The number of carbonyl (C=O) groups excluding carboxylic acids is 1. The molecule has 1 amide bonds. The van der Waals surface area contributed by atoms with Crippen molar-refractivity contribution in [1.82, 2.24) is 5.32 Å². The Morgan fingerprint density at radius 3 is 1.92 bits per heavy atom. The number of amides is 1. The third-order valence-corrected chi connectivity index (χ3v) is 8.81. The highest BCUT2D eigenvalue weighted by molar-refractivity contribution is 7.93. The number of sulfonamides is 1. The molecule has 3 aromatic carbocycles. The summed E-state index contributed by atoms with van der Waals surface area (Å²) in [5.74, 6) is 0.0790. The van der Waals surface area contributed by atoms with Crippen molar-refractivity contribution in [2.24, 2.45) is 0 Å². The lowest BCUT2D eigenvalue weighted by molar-refractivity contribution is -0.120. The second-order valence-electron chi connectivity index (χ2n) is 9.00.